The fraction of sp³-hybridized carbons (Fsp3) is 0.400. The Morgan fingerprint density at radius 3 is 2.71 bits per heavy atom. The van der Waals surface area contributed by atoms with Crippen LogP contribution in [0.2, 0.25) is 0 Å². The van der Waals surface area contributed by atoms with Gasteiger partial charge in [0.25, 0.3) is 0 Å². The summed E-state index contributed by atoms with van der Waals surface area (Å²) in [6, 6.07) is 5.95. The zero-order chi connectivity index (χ0) is 15.0. The van der Waals surface area contributed by atoms with Crippen molar-refractivity contribution in [2.75, 3.05) is 11.9 Å². The van der Waals surface area contributed by atoms with Crippen LogP contribution in [-0.2, 0) is 12.0 Å². The molecule has 0 amide bonds. The van der Waals surface area contributed by atoms with Gasteiger partial charge in [0.1, 0.15) is 0 Å². The van der Waals surface area contributed by atoms with E-state index in [1.165, 1.54) is 0 Å². The summed E-state index contributed by atoms with van der Waals surface area (Å²) >= 11 is 1.60. The monoisotopic (exact) mass is 301 g/mol. The lowest BCUT2D eigenvalue weighted by atomic mass is 9.93. The van der Waals surface area contributed by atoms with Crippen LogP contribution in [0, 0.1) is 0 Å². The van der Waals surface area contributed by atoms with Crippen molar-refractivity contribution in [3.05, 3.63) is 42.0 Å². The quantitative estimate of drug-likeness (QED) is 0.745. The van der Waals surface area contributed by atoms with Crippen LogP contribution in [0.4, 0.5) is 5.13 Å². The summed E-state index contributed by atoms with van der Waals surface area (Å²) in [6.45, 7) is 7.22. The number of fused-ring (bicyclic) bond motifs is 1. The topological polar surface area (TPSA) is 46.3 Å². The fourth-order valence-electron chi connectivity index (χ4n) is 2.01. The Hall–Kier alpha value is -1.95. The zero-order valence-corrected chi connectivity index (χ0v) is 13.6. The molecule has 0 spiro atoms. The molecule has 0 atom stereocenters. The first kappa shape index (κ1) is 14.0. The summed E-state index contributed by atoms with van der Waals surface area (Å²) in [5.74, 6) is 0. The van der Waals surface area contributed by atoms with Gasteiger partial charge in [-0.05, 0) is 12.1 Å². The van der Waals surface area contributed by atoms with E-state index in [9.17, 15) is 0 Å². The summed E-state index contributed by atoms with van der Waals surface area (Å²) in [5, 5.41) is 5.56. The molecule has 3 heterocycles. The largest absolute Gasteiger partial charge is 0.344 e. The molecule has 0 aliphatic carbocycles. The fourth-order valence-corrected chi connectivity index (χ4v) is 2.85. The van der Waals surface area contributed by atoms with Crippen molar-refractivity contribution in [2.24, 2.45) is 0 Å². The molecule has 0 aromatic carbocycles. The van der Waals surface area contributed by atoms with Crippen LogP contribution in [0.15, 0.2) is 30.6 Å². The van der Waals surface area contributed by atoms with E-state index in [1.807, 2.05) is 42.2 Å². The van der Waals surface area contributed by atoms with Gasteiger partial charge in [-0.3, -0.25) is 4.98 Å². The van der Waals surface area contributed by atoms with Crippen molar-refractivity contribution >= 4 is 21.4 Å². The molecule has 3 rings (SSSR count). The van der Waals surface area contributed by atoms with Crippen molar-refractivity contribution in [2.45, 2.75) is 32.7 Å². The van der Waals surface area contributed by atoms with E-state index in [0.717, 1.165) is 28.0 Å². The highest BCUT2D eigenvalue weighted by atomic mass is 32.1. The lowest BCUT2D eigenvalue weighted by Crippen LogP contribution is -2.17. The molecule has 0 bridgehead atoms. The maximum Gasteiger partial charge on any atom is 0.214 e. The Balaban J connectivity index is 1.83. The average molecular weight is 301 g/mol. The van der Waals surface area contributed by atoms with Gasteiger partial charge in [-0.2, -0.15) is 0 Å². The molecule has 0 aliphatic heterocycles. The molecule has 3 aromatic heterocycles. The molecule has 0 unspecified atom stereocenters. The van der Waals surface area contributed by atoms with E-state index in [0.29, 0.717) is 0 Å². The molecule has 0 fully saturated rings. The Morgan fingerprint density at radius 2 is 2.10 bits per heavy atom. The first-order valence-electron chi connectivity index (χ1n) is 6.91. The Kier molecular flexibility index (Phi) is 3.41. The number of hydrogen-bond acceptors (Lipinski definition) is 5. The Bertz CT molecular complexity index is 707. The van der Waals surface area contributed by atoms with E-state index in [2.05, 4.69) is 40.7 Å². The third-order valence-electron chi connectivity index (χ3n) is 3.25. The second-order valence-corrected chi connectivity index (χ2v) is 7.10. The molecule has 0 N–H and O–H groups in total. The van der Waals surface area contributed by atoms with Crippen LogP contribution in [0.25, 0.3) is 4.96 Å². The van der Waals surface area contributed by atoms with Gasteiger partial charge in [0.05, 0.1) is 24.1 Å². The minimum absolute atomic E-state index is 0.0491. The number of hydrogen-bond donors (Lipinski definition) is 0. The zero-order valence-electron chi connectivity index (χ0n) is 12.7. The SMILES string of the molecule is CN(Cc1ccccn1)c1nn2cc(C(C)(C)C)nc2s1. The van der Waals surface area contributed by atoms with Crippen molar-refractivity contribution in [1.29, 1.82) is 0 Å². The number of anilines is 1. The summed E-state index contributed by atoms with van der Waals surface area (Å²) in [7, 11) is 2.03. The third kappa shape index (κ3) is 2.90. The molecule has 110 valence electrons. The van der Waals surface area contributed by atoms with E-state index in [4.69, 9.17) is 0 Å². The van der Waals surface area contributed by atoms with Crippen molar-refractivity contribution in [1.82, 2.24) is 19.6 Å². The number of aromatic nitrogens is 4. The third-order valence-corrected chi connectivity index (χ3v) is 4.29. The van der Waals surface area contributed by atoms with Gasteiger partial charge in [0, 0.05) is 18.7 Å². The standard InChI is InChI=1S/C15H19N5S/c1-15(2,3)12-10-20-13(17-12)21-14(18-20)19(4)9-11-7-5-6-8-16-11/h5-8,10H,9H2,1-4H3. The minimum atomic E-state index is 0.0491. The molecular formula is C15H19N5S. The Labute approximate surface area is 128 Å². The van der Waals surface area contributed by atoms with Gasteiger partial charge >= 0.3 is 0 Å². The molecule has 0 aliphatic rings. The van der Waals surface area contributed by atoms with Crippen LogP contribution in [0.3, 0.4) is 0 Å². The predicted molar refractivity (Wildman–Crippen MR) is 85.9 cm³/mol. The molecule has 21 heavy (non-hydrogen) atoms. The van der Waals surface area contributed by atoms with Crippen molar-refractivity contribution in [3.8, 4) is 0 Å². The molecule has 0 saturated carbocycles. The highest BCUT2D eigenvalue weighted by Crippen LogP contribution is 2.27. The highest BCUT2D eigenvalue weighted by molar-refractivity contribution is 7.20. The first-order valence-corrected chi connectivity index (χ1v) is 7.73. The smallest absolute Gasteiger partial charge is 0.214 e. The molecule has 6 heteroatoms. The molecule has 5 nitrogen and oxygen atoms in total. The number of pyridine rings is 1. The second kappa shape index (κ2) is 5.11. The van der Waals surface area contributed by atoms with Crippen LogP contribution in [0.5, 0.6) is 0 Å². The Morgan fingerprint density at radius 1 is 1.29 bits per heavy atom. The van der Waals surface area contributed by atoms with Crippen molar-refractivity contribution in [3.63, 3.8) is 0 Å². The van der Waals surface area contributed by atoms with Gasteiger partial charge in [-0.25, -0.2) is 9.50 Å². The van der Waals surface area contributed by atoms with E-state index in [-0.39, 0.29) is 5.41 Å². The average Bonchev–Trinajstić information content (AvgIpc) is 2.97. The van der Waals surface area contributed by atoms with E-state index < -0.39 is 0 Å². The normalized spacial score (nSPS) is 12.0. The molecule has 0 saturated heterocycles. The number of nitrogens with zero attached hydrogens (tertiary/aromatic N) is 5. The minimum Gasteiger partial charge on any atom is -0.344 e. The van der Waals surface area contributed by atoms with Gasteiger partial charge in [-0.1, -0.05) is 38.2 Å². The summed E-state index contributed by atoms with van der Waals surface area (Å²) in [6.07, 6.45) is 3.83. The summed E-state index contributed by atoms with van der Waals surface area (Å²) in [4.78, 5) is 12.0. The lowest BCUT2D eigenvalue weighted by Gasteiger charge is -2.15. The molecule has 0 radical (unpaired) electrons. The highest BCUT2D eigenvalue weighted by Gasteiger charge is 2.20. The summed E-state index contributed by atoms with van der Waals surface area (Å²) in [5.41, 5.74) is 2.15. The maximum atomic E-state index is 4.67. The molecular weight excluding hydrogens is 282 g/mol. The van der Waals surface area contributed by atoms with Gasteiger partial charge in [0.15, 0.2) is 0 Å². The maximum absolute atomic E-state index is 4.67. The van der Waals surface area contributed by atoms with Gasteiger partial charge < -0.3 is 4.90 Å². The van der Waals surface area contributed by atoms with Gasteiger partial charge in [-0.15, -0.1) is 5.10 Å². The van der Waals surface area contributed by atoms with Gasteiger partial charge in [0.2, 0.25) is 10.1 Å². The second-order valence-electron chi connectivity index (χ2n) is 6.17. The number of imidazole rings is 1. The van der Waals surface area contributed by atoms with Crippen molar-refractivity contribution < 1.29 is 0 Å². The predicted octanol–water partition coefficient (Wildman–Crippen LogP) is 3.12. The van der Waals surface area contributed by atoms with Crippen LogP contribution >= 0.6 is 11.3 Å². The molecule has 3 aromatic rings. The first-order chi connectivity index (χ1) is 9.93. The van der Waals surface area contributed by atoms with Crippen LogP contribution < -0.4 is 4.90 Å². The number of rotatable bonds is 3. The summed E-state index contributed by atoms with van der Waals surface area (Å²) < 4.78 is 1.87. The van der Waals surface area contributed by atoms with E-state index in [1.54, 1.807) is 11.3 Å². The lowest BCUT2D eigenvalue weighted by molar-refractivity contribution is 0.572. The van der Waals surface area contributed by atoms with Crippen LogP contribution in [-0.4, -0.2) is 26.6 Å². The van der Waals surface area contributed by atoms with Crippen LogP contribution in [0.1, 0.15) is 32.2 Å². The van der Waals surface area contributed by atoms with E-state index >= 15 is 0 Å².